The SMILES string of the molecule is CC(N)(CN)C1CC1. The maximum atomic E-state index is 5.80. The summed E-state index contributed by atoms with van der Waals surface area (Å²) in [6.45, 7) is 2.66. The molecule has 1 saturated carbocycles. The van der Waals surface area contributed by atoms with Crippen LogP contribution in [0, 0.1) is 5.92 Å². The van der Waals surface area contributed by atoms with Crippen molar-refractivity contribution in [2.45, 2.75) is 25.3 Å². The Balaban J connectivity index is 2.37. The van der Waals surface area contributed by atoms with Crippen LogP contribution < -0.4 is 11.5 Å². The first-order valence-electron chi connectivity index (χ1n) is 3.16. The minimum Gasteiger partial charge on any atom is -0.329 e. The van der Waals surface area contributed by atoms with Crippen LogP contribution in [0.4, 0.5) is 0 Å². The van der Waals surface area contributed by atoms with Gasteiger partial charge in [0.05, 0.1) is 0 Å². The minimum absolute atomic E-state index is 0.0694. The van der Waals surface area contributed by atoms with E-state index in [1.165, 1.54) is 12.8 Å². The highest BCUT2D eigenvalue weighted by Crippen LogP contribution is 2.37. The highest BCUT2D eigenvalue weighted by Gasteiger charge is 2.36. The highest BCUT2D eigenvalue weighted by molar-refractivity contribution is 4.95. The van der Waals surface area contributed by atoms with E-state index in [4.69, 9.17) is 11.5 Å². The van der Waals surface area contributed by atoms with E-state index in [0.717, 1.165) is 0 Å². The molecule has 0 radical (unpaired) electrons. The summed E-state index contributed by atoms with van der Waals surface area (Å²) in [5.74, 6) is 0.715. The molecule has 1 rings (SSSR count). The van der Waals surface area contributed by atoms with Gasteiger partial charge in [-0.1, -0.05) is 0 Å². The monoisotopic (exact) mass is 114 g/mol. The zero-order valence-electron chi connectivity index (χ0n) is 5.35. The fourth-order valence-electron chi connectivity index (χ4n) is 0.909. The van der Waals surface area contributed by atoms with Crippen molar-refractivity contribution in [3.05, 3.63) is 0 Å². The van der Waals surface area contributed by atoms with Gasteiger partial charge < -0.3 is 11.5 Å². The summed E-state index contributed by atoms with van der Waals surface area (Å²) in [5.41, 5.74) is 11.1. The third-order valence-electron chi connectivity index (χ3n) is 1.95. The van der Waals surface area contributed by atoms with Crippen LogP contribution >= 0.6 is 0 Å². The van der Waals surface area contributed by atoms with Crippen molar-refractivity contribution in [1.29, 1.82) is 0 Å². The zero-order valence-corrected chi connectivity index (χ0v) is 5.35. The molecule has 0 bridgehead atoms. The maximum Gasteiger partial charge on any atom is 0.0278 e. The lowest BCUT2D eigenvalue weighted by atomic mass is 9.98. The van der Waals surface area contributed by atoms with Crippen LogP contribution in [0.25, 0.3) is 0 Å². The molecule has 0 aromatic carbocycles. The molecule has 0 heterocycles. The van der Waals surface area contributed by atoms with Gasteiger partial charge in [-0.05, 0) is 25.7 Å². The molecule has 1 fully saturated rings. The predicted octanol–water partition coefficient (Wildman–Crippen LogP) is 0.0725. The van der Waals surface area contributed by atoms with Crippen LogP contribution in [-0.2, 0) is 0 Å². The lowest BCUT2D eigenvalue weighted by Gasteiger charge is -2.20. The minimum atomic E-state index is -0.0694. The number of hydrogen-bond acceptors (Lipinski definition) is 2. The van der Waals surface area contributed by atoms with E-state index in [-0.39, 0.29) is 5.54 Å². The van der Waals surface area contributed by atoms with Gasteiger partial charge in [-0.15, -0.1) is 0 Å². The molecule has 8 heavy (non-hydrogen) atoms. The second-order valence-corrected chi connectivity index (χ2v) is 2.98. The Morgan fingerprint density at radius 1 is 1.62 bits per heavy atom. The molecule has 1 aliphatic carbocycles. The van der Waals surface area contributed by atoms with E-state index in [0.29, 0.717) is 12.5 Å². The molecule has 0 spiro atoms. The van der Waals surface area contributed by atoms with Gasteiger partial charge in [0.15, 0.2) is 0 Å². The average molecular weight is 114 g/mol. The van der Waals surface area contributed by atoms with Gasteiger partial charge in [0.25, 0.3) is 0 Å². The molecule has 1 atom stereocenters. The molecular formula is C6H14N2. The van der Waals surface area contributed by atoms with Crippen LogP contribution in [-0.4, -0.2) is 12.1 Å². The fraction of sp³-hybridized carbons (Fsp3) is 1.00. The standard InChI is InChI=1S/C6H14N2/c1-6(8,4-7)5-2-3-5/h5H,2-4,7-8H2,1H3. The second-order valence-electron chi connectivity index (χ2n) is 2.98. The van der Waals surface area contributed by atoms with Crippen molar-refractivity contribution in [2.24, 2.45) is 17.4 Å². The van der Waals surface area contributed by atoms with Crippen LogP contribution in [0.5, 0.6) is 0 Å². The second kappa shape index (κ2) is 1.71. The van der Waals surface area contributed by atoms with Gasteiger partial charge in [-0.25, -0.2) is 0 Å². The number of rotatable bonds is 2. The van der Waals surface area contributed by atoms with Crippen molar-refractivity contribution >= 4 is 0 Å². The largest absolute Gasteiger partial charge is 0.329 e. The van der Waals surface area contributed by atoms with Gasteiger partial charge in [-0.2, -0.15) is 0 Å². The summed E-state index contributed by atoms with van der Waals surface area (Å²) in [6.07, 6.45) is 2.56. The van der Waals surface area contributed by atoms with Gasteiger partial charge in [0, 0.05) is 12.1 Å². The molecule has 2 nitrogen and oxygen atoms in total. The normalized spacial score (nSPS) is 27.4. The molecule has 48 valence electrons. The van der Waals surface area contributed by atoms with E-state index in [2.05, 4.69) is 0 Å². The van der Waals surface area contributed by atoms with Crippen LogP contribution in [0.3, 0.4) is 0 Å². The third kappa shape index (κ3) is 1.01. The third-order valence-corrected chi connectivity index (χ3v) is 1.95. The summed E-state index contributed by atoms with van der Waals surface area (Å²) in [5, 5.41) is 0. The molecule has 1 aliphatic rings. The van der Waals surface area contributed by atoms with Crippen LogP contribution in [0.15, 0.2) is 0 Å². The molecular weight excluding hydrogens is 100 g/mol. The predicted molar refractivity (Wildman–Crippen MR) is 34.4 cm³/mol. The average Bonchev–Trinajstić information content (AvgIpc) is 2.44. The summed E-state index contributed by atoms with van der Waals surface area (Å²) in [7, 11) is 0. The van der Waals surface area contributed by atoms with Crippen LogP contribution in [0.1, 0.15) is 19.8 Å². The van der Waals surface area contributed by atoms with Crippen molar-refractivity contribution in [3.8, 4) is 0 Å². The topological polar surface area (TPSA) is 52.0 Å². The molecule has 0 saturated heterocycles. The van der Waals surface area contributed by atoms with E-state index >= 15 is 0 Å². The summed E-state index contributed by atoms with van der Waals surface area (Å²) in [4.78, 5) is 0. The fourth-order valence-corrected chi connectivity index (χ4v) is 0.909. The van der Waals surface area contributed by atoms with Crippen molar-refractivity contribution in [2.75, 3.05) is 6.54 Å². The van der Waals surface area contributed by atoms with Crippen molar-refractivity contribution in [3.63, 3.8) is 0 Å². The van der Waals surface area contributed by atoms with Gasteiger partial charge in [0.2, 0.25) is 0 Å². The maximum absolute atomic E-state index is 5.80. The van der Waals surface area contributed by atoms with E-state index in [9.17, 15) is 0 Å². The molecule has 1 unspecified atom stereocenters. The van der Waals surface area contributed by atoms with Crippen molar-refractivity contribution in [1.82, 2.24) is 0 Å². The Bertz CT molecular complexity index is 84.5. The van der Waals surface area contributed by atoms with Crippen molar-refractivity contribution < 1.29 is 0 Å². The Labute approximate surface area is 50.2 Å². The van der Waals surface area contributed by atoms with E-state index < -0.39 is 0 Å². The van der Waals surface area contributed by atoms with Gasteiger partial charge >= 0.3 is 0 Å². The molecule has 0 aliphatic heterocycles. The van der Waals surface area contributed by atoms with Gasteiger partial charge in [0.1, 0.15) is 0 Å². The van der Waals surface area contributed by atoms with E-state index in [1.54, 1.807) is 0 Å². The first-order chi connectivity index (χ1) is 3.67. The molecule has 2 heteroatoms. The smallest absolute Gasteiger partial charge is 0.0278 e. The molecule has 0 amide bonds. The summed E-state index contributed by atoms with van der Waals surface area (Å²) < 4.78 is 0. The molecule has 4 N–H and O–H groups in total. The Morgan fingerprint density at radius 3 is 2.25 bits per heavy atom. The summed E-state index contributed by atoms with van der Waals surface area (Å²) in [6, 6.07) is 0. The Kier molecular flexibility index (Phi) is 1.29. The zero-order chi connectivity index (χ0) is 6.20. The van der Waals surface area contributed by atoms with Crippen LogP contribution in [0.2, 0.25) is 0 Å². The quantitative estimate of drug-likeness (QED) is 0.534. The lowest BCUT2D eigenvalue weighted by Crippen LogP contribution is -2.45. The summed E-state index contributed by atoms with van der Waals surface area (Å²) >= 11 is 0. The Morgan fingerprint density at radius 2 is 2.12 bits per heavy atom. The molecule has 0 aromatic heterocycles. The lowest BCUT2D eigenvalue weighted by molar-refractivity contribution is 0.420. The van der Waals surface area contributed by atoms with Gasteiger partial charge in [-0.3, -0.25) is 0 Å². The highest BCUT2D eigenvalue weighted by atomic mass is 14.8. The Hall–Kier alpha value is -0.0800. The number of hydrogen-bond donors (Lipinski definition) is 2. The first-order valence-corrected chi connectivity index (χ1v) is 3.16. The number of nitrogens with two attached hydrogens (primary N) is 2. The molecule has 0 aromatic rings. The van der Waals surface area contributed by atoms with E-state index in [1.807, 2.05) is 6.92 Å². The first kappa shape index (κ1) is 6.05.